The van der Waals surface area contributed by atoms with Crippen LogP contribution in [0.25, 0.3) is 10.2 Å². The van der Waals surface area contributed by atoms with Gasteiger partial charge in [-0.15, -0.1) is 0 Å². The molecule has 2 aromatic carbocycles. The second-order valence-electron chi connectivity index (χ2n) is 7.02. The van der Waals surface area contributed by atoms with Gasteiger partial charge in [-0.05, 0) is 54.3 Å². The van der Waals surface area contributed by atoms with Gasteiger partial charge in [0.05, 0.1) is 22.7 Å². The lowest BCUT2D eigenvalue weighted by Gasteiger charge is -2.20. The van der Waals surface area contributed by atoms with Gasteiger partial charge in [-0.2, -0.15) is 0 Å². The number of pyridine rings is 1. The molecule has 0 radical (unpaired) electrons. The van der Waals surface area contributed by atoms with Crippen molar-refractivity contribution in [2.24, 2.45) is 0 Å². The Morgan fingerprint density at radius 3 is 2.66 bits per heavy atom. The summed E-state index contributed by atoms with van der Waals surface area (Å²) in [6.07, 6.45) is 3.81. The third kappa shape index (κ3) is 4.31. The minimum atomic E-state index is -0.00714. The van der Waals surface area contributed by atoms with Crippen LogP contribution in [0, 0.1) is 13.8 Å². The Balaban J connectivity index is 1.69. The summed E-state index contributed by atoms with van der Waals surface area (Å²) >= 11 is 7.78. The van der Waals surface area contributed by atoms with E-state index in [1.165, 1.54) is 22.5 Å². The molecule has 0 aliphatic heterocycles. The quantitative estimate of drug-likeness (QED) is 0.413. The minimum Gasteiger partial charge on any atom is -0.283 e. The van der Waals surface area contributed by atoms with Crippen LogP contribution in [0.3, 0.4) is 0 Å². The van der Waals surface area contributed by atoms with E-state index in [1.807, 2.05) is 36.4 Å². The first-order valence-electron chi connectivity index (χ1n) is 9.32. The van der Waals surface area contributed by atoms with Gasteiger partial charge in [0.15, 0.2) is 5.13 Å². The Bertz CT molecular complexity index is 1170. The number of thiazole rings is 1. The summed E-state index contributed by atoms with van der Waals surface area (Å²) in [7, 11) is 0. The Labute approximate surface area is 178 Å². The highest BCUT2D eigenvalue weighted by Crippen LogP contribution is 2.33. The van der Waals surface area contributed by atoms with Gasteiger partial charge in [-0.3, -0.25) is 14.7 Å². The van der Waals surface area contributed by atoms with Crippen LogP contribution in [0.15, 0.2) is 60.9 Å². The molecular weight excluding hydrogens is 402 g/mol. The monoisotopic (exact) mass is 421 g/mol. The molecule has 29 heavy (non-hydrogen) atoms. The SMILES string of the molecule is Cc1ccc(CC(=O)N(Cc2cccnc2)c2nc3c(Cl)cccc3s2)cc1C. The van der Waals surface area contributed by atoms with Gasteiger partial charge in [0.2, 0.25) is 5.91 Å². The maximum Gasteiger partial charge on any atom is 0.233 e. The van der Waals surface area contributed by atoms with E-state index in [9.17, 15) is 4.79 Å². The summed E-state index contributed by atoms with van der Waals surface area (Å²) in [5.74, 6) is -0.00714. The summed E-state index contributed by atoms with van der Waals surface area (Å²) in [6.45, 7) is 4.54. The van der Waals surface area contributed by atoms with E-state index in [-0.39, 0.29) is 5.91 Å². The molecule has 4 nitrogen and oxygen atoms in total. The lowest BCUT2D eigenvalue weighted by atomic mass is 10.0. The highest BCUT2D eigenvalue weighted by atomic mass is 35.5. The number of carbonyl (C=O) groups excluding carboxylic acids is 1. The molecular formula is C23H20ClN3OS. The highest BCUT2D eigenvalue weighted by Gasteiger charge is 2.21. The van der Waals surface area contributed by atoms with Crippen LogP contribution >= 0.6 is 22.9 Å². The molecule has 0 spiro atoms. The van der Waals surface area contributed by atoms with Crippen LogP contribution in [0.4, 0.5) is 5.13 Å². The molecule has 0 aliphatic carbocycles. The van der Waals surface area contributed by atoms with Crippen LogP contribution in [0.5, 0.6) is 0 Å². The largest absolute Gasteiger partial charge is 0.283 e. The van der Waals surface area contributed by atoms with E-state index < -0.39 is 0 Å². The summed E-state index contributed by atoms with van der Waals surface area (Å²) in [6, 6.07) is 15.7. The van der Waals surface area contributed by atoms with E-state index in [0.717, 1.165) is 21.3 Å². The molecule has 0 aliphatic rings. The third-order valence-corrected chi connectivity index (χ3v) is 6.23. The Kier molecular flexibility index (Phi) is 5.60. The van der Waals surface area contributed by atoms with Gasteiger partial charge >= 0.3 is 0 Å². The van der Waals surface area contributed by atoms with Crippen molar-refractivity contribution in [3.63, 3.8) is 0 Å². The number of aryl methyl sites for hydroxylation is 2. The number of anilines is 1. The van der Waals surface area contributed by atoms with Crippen molar-refractivity contribution in [2.45, 2.75) is 26.8 Å². The predicted octanol–water partition coefficient (Wildman–Crippen LogP) is 5.74. The van der Waals surface area contributed by atoms with E-state index in [2.05, 4.69) is 35.9 Å². The molecule has 0 unspecified atom stereocenters. The number of halogens is 1. The van der Waals surface area contributed by atoms with Gasteiger partial charge in [0.25, 0.3) is 0 Å². The topological polar surface area (TPSA) is 46.1 Å². The number of benzene rings is 2. The highest BCUT2D eigenvalue weighted by molar-refractivity contribution is 7.22. The lowest BCUT2D eigenvalue weighted by molar-refractivity contribution is -0.118. The lowest BCUT2D eigenvalue weighted by Crippen LogP contribution is -2.31. The predicted molar refractivity (Wildman–Crippen MR) is 120 cm³/mol. The van der Waals surface area contributed by atoms with Crippen LogP contribution in [-0.2, 0) is 17.8 Å². The van der Waals surface area contributed by atoms with Crippen molar-refractivity contribution in [3.05, 3.63) is 88.2 Å². The number of carbonyl (C=O) groups is 1. The average Bonchev–Trinajstić information content (AvgIpc) is 3.15. The Hall–Kier alpha value is -2.76. The number of rotatable bonds is 5. The van der Waals surface area contributed by atoms with Gasteiger partial charge in [-0.1, -0.05) is 53.3 Å². The number of amides is 1. The van der Waals surface area contributed by atoms with Crippen molar-refractivity contribution in [1.82, 2.24) is 9.97 Å². The number of aromatic nitrogens is 2. The number of hydrogen-bond acceptors (Lipinski definition) is 4. The van der Waals surface area contributed by atoms with E-state index in [0.29, 0.717) is 23.1 Å². The average molecular weight is 422 g/mol. The number of fused-ring (bicyclic) bond motifs is 1. The van der Waals surface area contributed by atoms with E-state index in [4.69, 9.17) is 11.6 Å². The summed E-state index contributed by atoms with van der Waals surface area (Å²) < 4.78 is 0.961. The third-order valence-electron chi connectivity index (χ3n) is 4.88. The molecule has 146 valence electrons. The fourth-order valence-corrected chi connectivity index (χ4v) is 4.42. The molecule has 2 aromatic heterocycles. The molecule has 0 saturated carbocycles. The fraction of sp³-hybridized carbons (Fsp3) is 0.174. The second-order valence-corrected chi connectivity index (χ2v) is 8.44. The first-order valence-corrected chi connectivity index (χ1v) is 10.5. The van der Waals surface area contributed by atoms with Crippen LogP contribution in [0.2, 0.25) is 5.02 Å². The van der Waals surface area contributed by atoms with Crippen LogP contribution < -0.4 is 4.90 Å². The fourth-order valence-electron chi connectivity index (χ4n) is 3.14. The first-order chi connectivity index (χ1) is 14.0. The van der Waals surface area contributed by atoms with E-state index in [1.54, 1.807) is 17.3 Å². The van der Waals surface area contributed by atoms with Gasteiger partial charge in [0.1, 0.15) is 5.52 Å². The van der Waals surface area contributed by atoms with Gasteiger partial charge < -0.3 is 0 Å². The standard InChI is InChI=1S/C23H20ClN3OS/c1-15-8-9-17(11-16(15)2)12-21(28)27(14-18-5-4-10-25-13-18)23-26-22-19(24)6-3-7-20(22)29-23/h3-11,13H,12,14H2,1-2H3. The molecule has 2 heterocycles. The molecule has 0 N–H and O–H groups in total. The smallest absolute Gasteiger partial charge is 0.233 e. The summed E-state index contributed by atoms with van der Waals surface area (Å²) in [5.41, 5.74) is 5.07. The molecule has 0 bridgehead atoms. The normalized spacial score (nSPS) is 11.0. The van der Waals surface area contributed by atoms with Crippen LogP contribution in [0.1, 0.15) is 22.3 Å². The molecule has 0 fully saturated rings. The summed E-state index contributed by atoms with van der Waals surface area (Å²) in [4.78, 5) is 23.9. The zero-order valence-corrected chi connectivity index (χ0v) is 17.8. The van der Waals surface area contributed by atoms with Gasteiger partial charge in [0, 0.05) is 12.4 Å². The molecule has 4 aromatic rings. The van der Waals surface area contributed by atoms with Crippen molar-refractivity contribution in [2.75, 3.05) is 4.90 Å². The maximum atomic E-state index is 13.3. The van der Waals surface area contributed by atoms with Crippen LogP contribution in [-0.4, -0.2) is 15.9 Å². The Morgan fingerprint density at radius 1 is 1.07 bits per heavy atom. The van der Waals surface area contributed by atoms with Crippen molar-refractivity contribution >= 4 is 44.2 Å². The number of hydrogen-bond donors (Lipinski definition) is 0. The summed E-state index contributed by atoms with van der Waals surface area (Å²) in [5, 5.41) is 1.23. The van der Waals surface area contributed by atoms with Crippen molar-refractivity contribution in [3.8, 4) is 0 Å². The van der Waals surface area contributed by atoms with Crippen molar-refractivity contribution in [1.29, 1.82) is 0 Å². The second kappa shape index (κ2) is 8.31. The molecule has 0 atom stereocenters. The van der Waals surface area contributed by atoms with E-state index >= 15 is 0 Å². The molecule has 6 heteroatoms. The van der Waals surface area contributed by atoms with Crippen molar-refractivity contribution < 1.29 is 4.79 Å². The van der Waals surface area contributed by atoms with Gasteiger partial charge in [-0.25, -0.2) is 4.98 Å². The first kappa shape index (κ1) is 19.6. The molecule has 1 amide bonds. The number of nitrogens with zero attached hydrogens (tertiary/aromatic N) is 3. The molecule has 4 rings (SSSR count). The minimum absolute atomic E-state index is 0.00714. The maximum absolute atomic E-state index is 13.3. The number of para-hydroxylation sites is 1. The zero-order chi connectivity index (χ0) is 20.4. The Morgan fingerprint density at radius 2 is 1.93 bits per heavy atom. The zero-order valence-electron chi connectivity index (χ0n) is 16.2. The molecule has 0 saturated heterocycles.